The molecule has 2 atom stereocenters. The summed E-state index contributed by atoms with van der Waals surface area (Å²) in [7, 11) is 2.00. The van der Waals surface area contributed by atoms with Gasteiger partial charge in [0.25, 0.3) is 0 Å². The van der Waals surface area contributed by atoms with Gasteiger partial charge >= 0.3 is 0 Å². The van der Waals surface area contributed by atoms with Crippen LogP contribution in [0.4, 0.5) is 0 Å². The van der Waals surface area contributed by atoms with Crippen LogP contribution in [0, 0.1) is 12.8 Å². The van der Waals surface area contributed by atoms with E-state index in [2.05, 4.69) is 24.3 Å². The van der Waals surface area contributed by atoms with Gasteiger partial charge in [-0.2, -0.15) is 5.10 Å². The highest BCUT2D eigenvalue weighted by molar-refractivity contribution is 5.21. The molecule has 1 saturated heterocycles. The van der Waals surface area contributed by atoms with Crippen molar-refractivity contribution in [2.75, 3.05) is 6.54 Å². The van der Waals surface area contributed by atoms with E-state index in [1.807, 2.05) is 17.9 Å². The molecule has 0 bridgehead atoms. The Balaban J connectivity index is 2.21. The fraction of sp³-hybridized carbons (Fsp3) is 0.700. The van der Waals surface area contributed by atoms with E-state index in [1.54, 1.807) is 0 Å². The molecule has 1 aromatic heterocycles. The Labute approximate surface area is 79.1 Å². The summed E-state index contributed by atoms with van der Waals surface area (Å²) >= 11 is 0. The van der Waals surface area contributed by atoms with Crippen LogP contribution in [-0.4, -0.2) is 16.3 Å². The van der Waals surface area contributed by atoms with Crippen LogP contribution in [0.25, 0.3) is 0 Å². The minimum Gasteiger partial charge on any atom is -0.310 e. The van der Waals surface area contributed by atoms with Crippen molar-refractivity contribution in [2.45, 2.75) is 26.3 Å². The zero-order chi connectivity index (χ0) is 9.42. The van der Waals surface area contributed by atoms with Gasteiger partial charge in [0.2, 0.25) is 0 Å². The molecular weight excluding hydrogens is 162 g/mol. The molecule has 0 spiro atoms. The molecule has 0 amide bonds. The Morgan fingerprint density at radius 1 is 1.62 bits per heavy atom. The van der Waals surface area contributed by atoms with Crippen molar-refractivity contribution >= 4 is 0 Å². The van der Waals surface area contributed by atoms with E-state index in [4.69, 9.17) is 0 Å². The average molecular weight is 179 g/mol. The first kappa shape index (κ1) is 8.75. The fourth-order valence-corrected chi connectivity index (χ4v) is 2.01. The van der Waals surface area contributed by atoms with Crippen LogP contribution in [0.3, 0.4) is 0 Å². The quantitative estimate of drug-likeness (QED) is 0.706. The normalized spacial score (nSPS) is 28.2. The Hall–Kier alpha value is -0.830. The van der Waals surface area contributed by atoms with Crippen LogP contribution >= 0.6 is 0 Å². The summed E-state index contributed by atoms with van der Waals surface area (Å²) in [6.07, 6.45) is 3.23. The molecule has 0 aliphatic carbocycles. The van der Waals surface area contributed by atoms with Crippen LogP contribution in [0.1, 0.15) is 30.6 Å². The molecule has 1 aliphatic heterocycles. The van der Waals surface area contributed by atoms with E-state index in [-0.39, 0.29) is 0 Å². The summed E-state index contributed by atoms with van der Waals surface area (Å²) in [5, 5.41) is 7.79. The smallest absolute Gasteiger partial charge is 0.0540 e. The Morgan fingerprint density at radius 2 is 2.38 bits per heavy atom. The van der Waals surface area contributed by atoms with Gasteiger partial charge in [0.1, 0.15) is 0 Å². The van der Waals surface area contributed by atoms with E-state index in [9.17, 15) is 0 Å². The van der Waals surface area contributed by atoms with Gasteiger partial charge in [0.15, 0.2) is 0 Å². The molecule has 2 rings (SSSR count). The lowest BCUT2D eigenvalue weighted by Gasteiger charge is -2.09. The van der Waals surface area contributed by atoms with Crippen molar-refractivity contribution < 1.29 is 0 Å². The third kappa shape index (κ3) is 1.48. The summed E-state index contributed by atoms with van der Waals surface area (Å²) in [4.78, 5) is 0. The molecule has 1 aromatic rings. The summed E-state index contributed by atoms with van der Waals surface area (Å²) in [5.41, 5.74) is 2.65. The number of aromatic nitrogens is 2. The molecule has 2 unspecified atom stereocenters. The number of nitrogens with one attached hydrogen (secondary N) is 1. The van der Waals surface area contributed by atoms with Gasteiger partial charge in [-0.15, -0.1) is 0 Å². The highest BCUT2D eigenvalue weighted by atomic mass is 15.3. The largest absolute Gasteiger partial charge is 0.310 e. The maximum atomic E-state index is 4.26. The minimum absolute atomic E-state index is 0.531. The second kappa shape index (κ2) is 3.14. The van der Waals surface area contributed by atoms with E-state index in [1.165, 1.54) is 17.7 Å². The molecule has 0 aromatic carbocycles. The highest BCUT2D eigenvalue weighted by Crippen LogP contribution is 2.28. The average Bonchev–Trinajstić information content (AvgIpc) is 2.62. The predicted octanol–water partition coefficient (Wildman–Crippen LogP) is 1.40. The van der Waals surface area contributed by atoms with Gasteiger partial charge in [-0.1, -0.05) is 6.92 Å². The Morgan fingerprint density at radius 3 is 2.85 bits per heavy atom. The van der Waals surface area contributed by atoms with Gasteiger partial charge in [0, 0.05) is 24.3 Å². The molecule has 0 radical (unpaired) electrons. The number of hydrogen-bond acceptors (Lipinski definition) is 2. The van der Waals surface area contributed by atoms with Gasteiger partial charge < -0.3 is 5.32 Å². The molecule has 72 valence electrons. The van der Waals surface area contributed by atoms with Crippen molar-refractivity contribution in [3.8, 4) is 0 Å². The van der Waals surface area contributed by atoms with Crippen molar-refractivity contribution in [1.82, 2.24) is 15.1 Å². The second-order valence-electron chi connectivity index (χ2n) is 4.11. The first-order chi connectivity index (χ1) is 6.18. The third-order valence-corrected chi connectivity index (χ3v) is 3.00. The number of hydrogen-bond donors (Lipinski definition) is 1. The SMILES string of the molecule is Cc1c(C2CC(C)CN2)cnn1C. The summed E-state index contributed by atoms with van der Waals surface area (Å²) in [5.74, 6) is 0.796. The maximum Gasteiger partial charge on any atom is 0.0540 e. The van der Waals surface area contributed by atoms with Crippen molar-refractivity contribution in [3.05, 3.63) is 17.5 Å². The zero-order valence-electron chi connectivity index (χ0n) is 8.54. The van der Waals surface area contributed by atoms with E-state index >= 15 is 0 Å². The Bertz CT molecular complexity index is 303. The Kier molecular flexibility index (Phi) is 2.12. The van der Waals surface area contributed by atoms with Crippen molar-refractivity contribution in [3.63, 3.8) is 0 Å². The van der Waals surface area contributed by atoms with Crippen molar-refractivity contribution in [2.24, 2.45) is 13.0 Å². The van der Waals surface area contributed by atoms with Crippen LogP contribution in [0.15, 0.2) is 6.20 Å². The van der Waals surface area contributed by atoms with Crippen LogP contribution in [0.5, 0.6) is 0 Å². The summed E-state index contributed by atoms with van der Waals surface area (Å²) < 4.78 is 1.94. The van der Waals surface area contributed by atoms with Crippen LogP contribution < -0.4 is 5.32 Å². The molecule has 1 fully saturated rings. The number of nitrogens with zero attached hydrogens (tertiary/aromatic N) is 2. The lowest BCUT2D eigenvalue weighted by Crippen LogP contribution is -2.14. The molecule has 3 nitrogen and oxygen atoms in total. The molecule has 1 N–H and O–H groups in total. The van der Waals surface area contributed by atoms with E-state index in [0.29, 0.717) is 6.04 Å². The van der Waals surface area contributed by atoms with Gasteiger partial charge in [-0.25, -0.2) is 0 Å². The molecule has 1 aliphatic rings. The monoisotopic (exact) mass is 179 g/mol. The van der Waals surface area contributed by atoms with Crippen molar-refractivity contribution in [1.29, 1.82) is 0 Å². The maximum absolute atomic E-state index is 4.26. The molecular formula is C10H17N3. The fourth-order valence-electron chi connectivity index (χ4n) is 2.01. The highest BCUT2D eigenvalue weighted by Gasteiger charge is 2.24. The van der Waals surface area contributed by atoms with Crippen LogP contribution in [0.2, 0.25) is 0 Å². The molecule has 13 heavy (non-hydrogen) atoms. The predicted molar refractivity (Wildman–Crippen MR) is 52.5 cm³/mol. The topological polar surface area (TPSA) is 29.9 Å². The zero-order valence-corrected chi connectivity index (χ0v) is 8.54. The van der Waals surface area contributed by atoms with Gasteiger partial charge in [0.05, 0.1) is 6.20 Å². The van der Waals surface area contributed by atoms with Gasteiger partial charge in [-0.3, -0.25) is 4.68 Å². The molecule has 3 heteroatoms. The van der Waals surface area contributed by atoms with E-state index in [0.717, 1.165) is 12.5 Å². The summed E-state index contributed by atoms with van der Waals surface area (Å²) in [6, 6.07) is 0.531. The number of aryl methyl sites for hydroxylation is 1. The standard InChI is InChI=1S/C10H17N3/c1-7-4-10(11-5-7)9-6-12-13(3)8(9)2/h6-7,10-11H,4-5H2,1-3H3. The van der Waals surface area contributed by atoms with Crippen LogP contribution in [-0.2, 0) is 7.05 Å². The number of rotatable bonds is 1. The molecule has 2 heterocycles. The lowest BCUT2D eigenvalue weighted by atomic mass is 10.0. The second-order valence-corrected chi connectivity index (χ2v) is 4.11. The van der Waals surface area contributed by atoms with Gasteiger partial charge in [-0.05, 0) is 25.8 Å². The third-order valence-electron chi connectivity index (χ3n) is 3.00. The minimum atomic E-state index is 0.531. The first-order valence-electron chi connectivity index (χ1n) is 4.90. The summed E-state index contributed by atoms with van der Waals surface area (Å²) in [6.45, 7) is 5.56. The molecule has 0 saturated carbocycles. The first-order valence-corrected chi connectivity index (χ1v) is 4.90. The lowest BCUT2D eigenvalue weighted by molar-refractivity contribution is 0.607. The van der Waals surface area contributed by atoms with E-state index < -0.39 is 0 Å².